The van der Waals surface area contributed by atoms with E-state index in [9.17, 15) is 0 Å². The summed E-state index contributed by atoms with van der Waals surface area (Å²) < 4.78 is 1.81. The fourth-order valence-corrected chi connectivity index (χ4v) is 2.05. The highest BCUT2D eigenvalue weighted by Crippen LogP contribution is 2.29. The summed E-state index contributed by atoms with van der Waals surface area (Å²) in [5.41, 5.74) is 2.93. The lowest BCUT2D eigenvalue weighted by Crippen LogP contribution is -1.95. The van der Waals surface area contributed by atoms with Gasteiger partial charge in [0.15, 0.2) is 0 Å². The van der Waals surface area contributed by atoms with Gasteiger partial charge in [0.25, 0.3) is 0 Å². The van der Waals surface area contributed by atoms with Gasteiger partial charge in [-0.2, -0.15) is 5.10 Å². The van der Waals surface area contributed by atoms with Crippen LogP contribution in [0.4, 0.5) is 0 Å². The standard InChI is InChI=1S/C11H12ClN2P/c1-7-10(12)11(14(2)13-7)8-3-5-9(15)6-4-8/h3-6H,15H2,1-2H3. The molecule has 0 aliphatic carbocycles. The number of rotatable bonds is 1. The number of hydrogen-bond donors (Lipinski definition) is 0. The van der Waals surface area contributed by atoms with Crippen molar-refractivity contribution in [2.45, 2.75) is 6.92 Å². The van der Waals surface area contributed by atoms with E-state index in [0.29, 0.717) is 0 Å². The Morgan fingerprint density at radius 3 is 2.33 bits per heavy atom. The van der Waals surface area contributed by atoms with E-state index >= 15 is 0 Å². The van der Waals surface area contributed by atoms with Gasteiger partial charge < -0.3 is 0 Å². The maximum absolute atomic E-state index is 6.20. The molecule has 2 aromatic rings. The molecule has 2 rings (SSSR count). The zero-order valence-electron chi connectivity index (χ0n) is 8.66. The number of aromatic nitrogens is 2. The van der Waals surface area contributed by atoms with Gasteiger partial charge in [-0.25, -0.2) is 0 Å². The molecule has 0 N–H and O–H groups in total. The highest BCUT2D eigenvalue weighted by atomic mass is 35.5. The molecule has 15 heavy (non-hydrogen) atoms. The van der Waals surface area contributed by atoms with Crippen LogP contribution in [0.2, 0.25) is 5.02 Å². The van der Waals surface area contributed by atoms with E-state index in [2.05, 4.69) is 14.3 Å². The lowest BCUT2D eigenvalue weighted by Gasteiger charge is -2.03. The van der Waals surface area contributed by atoms with Gasteiger partial charge in [0, 0.05) is 12.6 Å². The molecule has 1 aromatic heterocycles. The van der Waals surface area contributed by atoms with Crippen molar-refractivity contribution >= 4 is 26.1 Å². The predicted octanol–water partition coefficient (Wildman–Crippen LogP) is 2.55. The molecular formula is C11H12ClN2P. The van der Waals surface area contributed by atoms with E-state index in [4.69, 9.17) is 11.6 Å². The highest BCUT2D eigenvalue weighted by molar-refractivity contribution is 7.27. The Labute approximate surface area is 96.5 Å². The minimum absolute atomic E-state index is 0.731. The van der Waals surface area contributed by atoms with E-state index in [-0.39, 0.29) is 0 Å². The zero-order valence-corrected chi connectivity index (χ0v) is 10.6. The third kappa shape index (κ3) is 1.92. The summed E-state index contributed by atoms with van der Waals surface area (Å²) in [5.74, 6) is 0. The van der Waals surface area contributed by atoms with Gasteiger partial charge in [-0.15, -0.1) is 9.24 Å². The first kappa shape index (κ1) is 10.7. The van der Waals surface area contributed by atoms with Crippen LogP contribution in [0.1, 0.15) is 5.69 Å². The Balaban J connectivity index is 2.58. The van der Waals surface area contributed by atoms with Crippen LogP contribution in [0.3, 0.4) is 0 Å². The second-order valence-corrected chi connectivity index (χ2v) is 4.54. The first-order valence-corrected chi connectivity index (χ1v) is 5.60. The summed E-state index contributed by atoms with van der Waals surface area (Å²) in [5, 5.41) is 6.18. The van der Waals surface area contributed by atoms with Crippen molar-refractivity contribution in [2.75, 3.05) is 0 Å². The summed E-state index contributed by atoms with van der Waals surface area (Å²) in [4.78, 5) is 0. The van der Waals surface area contributed by atoms with Crippen molar-refractivity contribution in [1.82, 2.24) is 9.78 Å². The van der Waals surface area contributed by atoms with Crippen LogP contribution in [-0.2, 0) is 7.05 Å². The van der Waals surface area contributed by atoms with Crippen molar-refractivity contribution in [3.63, 3.8) is 0 Å². The molecule has 0 aliphatic heterocycles. The Morgan fingerprint density at radius 2 is 1.87 bits per heavy atom. The summed E-state index contributed by atoms with van der Waals surface area (Å²) in [6.07, 6.45) is 0. The first-order chi connectivity index (χ1) is 7.09. The molecule has 1 aromatic carbocycles. The molecule has 4 heteroatoms. The topological polar surface area (TPSA) is 17.8 Å². The molecule has 0 aliphatic rings. The van der Waals surface area contributed by atoms with Gasteiger partial charge in [0.05, 0.1) is 16.4 Å². The molecule has 0 spiro atoms. The van der Waals surface area contributed by atoms with Crippen LogP contribution in [0, 0.1) is 6.92 Å². The predicted molar refractivity (Wildman–Crippen MR) is 67.7 cm³/mol. The van der Waals surface area contributed by atoms with Crippen LogP contribution in [0.5, 0.6) is 0 Å². The van der Waals surface area contributed by atoms with Gasteiger partial charge in [-0.3, -0.25) is 4.68 Å². The molecule has 0 bridgehead atoms. The van der Waals surface area contributed by atoms with Crippen LogP contribution < -0.4 is 5.30 Å². The second kappa shape index (κ2) is 3.96. The molecule has 1 unspecified atom stereocenters. The summed E-state index contributed by atoms with van der Waals surface area (Å²) >= 11 is 6.20. The molecular weight excluding hydrogens is 227 g/mol. The third-order valence-electron chi connectivity index (χ3n) is 2.33. The van der Waals surface area contributed by atoms with E-state index in [0.717, 1.165) is 27.3 Å². The minimum atomic E-state index is 0.731. The first-order valence-electron chi connectivity index (χ1n) is 4.64. The molecule has 0 radical (unpaired) electrons. The van der Waals surface area contributed by atoms with Gasteiger partial charge in [0.1, 0.15) is 0 Å². The normalized spacial score (nSPS) is 10.7. The largest absolute Gasteiger partial charge is 0.266 e. The lowest BCUT2D eigenvalue weighted by molar-refractivity contribution is 0.764. The van der Waals surface area contributed by atoms with Crippen LogP contribution in [0.25, 0.3) is 11.3 Å². The van der Waals surface area contributed by atoms with Gasteiger partial charge in [-0.05, 0) is 12.2 Å². The fraction of sp³-hybridized carbons (Fsp3) is 0.182. The summed E-state index contributed by atoms with van der Waals surface area (Å²) in [6, 6.07) is 8.17. The second-order valence-electron chi connectivity index (χ2n) is 3.49. The summed E-state index contributed by atoms with van der Waals surface area (Å²) in [7, 11) is 4.57. The highest BCUT2D eigenvalue weighted by Gasteiger charge is 2.12. The SMILES string of the molecule is Cc1nn(C)c(-c2ccc(P)cc2)c1Cl. The average Bonchev–Trinajstić information content (AvgIpc) is 2.44. The molecule has 0 saturated heterocycles. The maximum Gasteiger partial charge on any atom is 0.0894 e. The quantitative estimate of drug-likeness (QED) is 0.699. The molecule has 1 atom stereocenters. The van der Waals surface area contributed by atoms with Crippen LogP contribution >= 0.6 is 20.8 Å². The number of aryl methyl sites for hydroxylation is 2. The molecule has 2 nitrogen and oxygen atoms in total. The lowest BCUT2D eigenvalue weighted by atomic mass is 10.1. The average molecular weight is 239 g/mol. The number of nitrogens with zero attached hydrogens (tertiary/aromatic N) is 2. The van der Waals surface area contributed by atoms with Crippen LogP contribution in [0.15, 0.2) is 24.3 Å². The number of benzene rings is 1. The van der Waals surface area contributed by atoms with Crippen molar-refractivity contribution < 1.29 is 0 Å². The van der Waals surface area contributed by atoms with Crippen molar-refractivity contribution in [1.29, 1.82) is 0 Å². The fourth-order valence-electron chi connectivity index (χ4n) is 1.59. The third-order valence-corrected chi connectivity index (χ3v) is 3.17. The monoisotopic (exact) mass is 238 g/mol. The minimum Gasteiger partial charge on any atom is -0.266 e. The maximum atomic E-state index is 6.20. The van der Waals surface area contributed by atoms with Crippen molar-refractivity contribution in [3.05, 3.63) is 35.0 Å². The molecule has 78 valence electrons. The Bertz CT molecular complexity index is 488. The zero-order chi connectivity index (χ0) is 11.0. The van der Waals surface area contributed by atoms with E-state index in [1.807, 2.05) is 42.9 Å². The van der Waals surface area contributed by atoms with Crippen molar-refractivity contribution in [2.24, 2.45) is 7.05 Å². The molecule has 0 saturated carbocycles. The Morgan fingerprint density at radius 1 is 1.27 bits per heavy atom. The van der Waals surface area contributed by atoms with Crippen molar-refractivity contribution in [3.8, 4) is 11.3 Å². The van der Waals surface area contributed by atoms with E-state index in [1.165, 1.54) is 0 Å². The molecule has 0 fully saturated rings. The van der Waals surface area contributed by atoms with Crippen LogP contribution in [-0.4, -0.2) is 9.78 Å². The van der Waals surface area contributed by atoms with E-state index in [1.54, 1.807) is 0 Å². The molecule has 0 amide bonds. The van der Waals surface area contributed by atoms with E-state index < -0.39 is 0 Å². The summed E-state index contributed by atoms with van der Waals surface area (Å²) in [6.45, 7) is 1.91. The van der Waals surface area contributed by atoms with Gasteiger partial charge in [0.2, 0.25) is 0 Å². The Kier molecular flexibility index (Phi) is 2.81. The van der Waals surface area contributed by atoms with Gasteiger partial charge in [-0.1, -0.05) is 35.9 Å². The number of halogens is 1. The smallest absolute Gasteiger partial charge is 0.0894 e. The van der Waals surface area contributed by atoms with Gasteiger partial charge >= 0.3 is 0 Å². The number of hydrogen-bond acceptors (Lipinski definition) is 1. The Hall–Kier alpha value is -0.850. The molecule has 1 heterocycles.